The van der Waals surface area contributed by atoms with Crippen LogP contribution in [0.2, 0.25) is 0 Å². The van der Waals surface area contributed by atoms with Crippen molar-refractivity contribution in [3.05, 3.63) is 23.0 Å². The summed E-state index contributed by atoms with van der Waals surface area (Å²) in [4.78, 5) is 16.1. The van der Waals surface area contributed by atoms with Crippen LogP contribution in [0.15, 0.2) is 6.20 Å². The minimum absolute atomic E-state index is 0.0384. The fraction of sp³-hybridized carbons (Fsp3) is 0.250. The van der Waals surface area contributed by atoms with Gasteiger partial charge in [-0.3, -0.25) is 0 Å². The first-order valence-corrected chi connectivity index (χ1v) is 5.83. The third-order valence-electron chi connectivity index (χ3n) is 2.67. The summed E-state index contributed by atoms with van der Waals surface area (Å²) in [6.45, 7) is 3.52. The van der Waals surface area contributed by atoms with E-state index in [1.54, 1.807) is 13.8 Å². The highest BCUT2D eigenvalue weighted by atomic mass is 16.5. The van der Waals surface area contributed by atoms with Crippen LogP contribution < -0.4 is 5.73 Å². The van der Waals surface area contributed by atoms with Crippen molar-refractivity contribution in [2.24, 2.45) is 0 Å². The SMILES string of the molecule is CCOC(=O)c1c(C)nc(-c2cn[nH]n2)c(C#N)c1N. The van der Waals surface area contributed by atoms with Crippen LogP contribution in [0.25, 0.3) is 11.4 Å². The van der Waals surface area contributed by atoms with Crippen molar-refractivity contribution in [2.45, 2.75) is 13.8 Å². The Hall–Kier alpha value is -2.95. The lowest BCUT2D eigenvalue weighted by molar-refractivity contribution is 0.0526. The number of nitrogens with one attached hydrogen (secondary N) is 1. The highest BCUT2D eigenvalue weighted by Crippen LogP contribution is 2.28. The van der Waals surface area contributed by atoms with E-state index in [1.165, 1.54) is 6.20 Å². The Balaban J connectivity index is 2.66. The number of carbonyl (C=O) groups is 1. The minimum atomic E-state index is -0.599. The Labute approximate surface area is 114 Å². The number of ether oxygens (including phenoxy) is 1. The molecule has 0 aromatic carbocycles. The largest absolute Gasteiger partial charge is 0.462 e. The van der Waals surface area contributed by atoms with E-state index >= 15 is 0 Å². The predicted molar refractivity (Wildman–Crippen MR) is 69.4 cm³/mol. The van der Waals surface area contributed by atoms with Gasteiger partial charge in [-0.05, 0) is 13.8 Å². The van der Waals surface area contributed by atoms with Crippen LogP contribution >= 0.6 is 0 Å². The second-order valence-electron chi connectivity index (χ2n) is 3.90. The fourth-order valence-corrected chi connectivity index (χ4v) is 1.80. The van der Waals surface area contributed by atoms with Gasteiger partial charge in [-0.15, -0.1) is 0 Å². The number of carbonyl (C=O) groups excluding carboxylic acids is 1. The van der Waals surface area contributed by atoms with Crippen LogP contribution in [-0.4, -0.2) is 33.0 Å². The molecule has 0 fully saturated rings. The number of nitrogens with two attached hydrogens (primary N) is 1. The number of hydrogen-bond acceptors (Lipinski definition) is 7. The molecule has 0 unspecified atom stereocenters. The van der Waals surface area contributed by atoms with Gasteiger partial charge in [-0.25, -0.2) is 9.78 Å². The van der Waals surface area contributed by atoms with Gasteiger partial charge in [0.05, 0.1) is 24.2 Å². The maximum atomic E-state index is 11.9. The molecular formula is C12H12N6O2. The number of anilines is 1. The van der Waals surface area contributed by atoms with Gasteiger partial charge in [-0.2, -0.15) is 20.7 Å². The average molecular weight is 272 g/mol. The third-order valence-corrected chi connectivity index (χ3v) is 2.67. The first-order chi connectivity index (χ1) is 9.60. The number of nitrogen functional groups attached to an aromatic ring is 1. The number of esters is 1. The van der Waals surface area contributed by atoms with Crippen molar-refractivity contribution in [2.75, 3.05) is 12.3 Å². The Kier molecular flexibility index (Phi) is 3.61. The standard InChI is InChI=1S/C12H12N6O2/c1-3-20-12(19)9-6(2)16-11(7(4-13)10(9)14)8-5-15-18-17-8/h5H,3H2,1-2H3,(H2,14,16)(H,15,17,18). The smallest absolute Gasteiger partial charge is 0.342 e. The van der Waals surface area contributed by atoms with Crippen molar-refractivity contribution in [3.8, 4) is 17.5 Å². The summed E-state index contributed by atoms with van der Waals surface area (Å²) in [6.07, 6.45) is 1.42. The first-order valence-electron chi connectivity index (χ1n) is 5.83. The van der Waals surface area contributed by atoms with Gasteiger partial charge in [0.25, 0.3) is 0 Å². The van der Waals surface area contributed by atoms with E-state index in [4.69, 9.17) is 10.5 Å². The molecule has 0 atom stereocenters. The zero-order chi connectivity index (χ0) is 14.7. The third kappa shape index (κ3) is 2.16. The normalized spacial score (nSPS) is 10.1. The summed E-state index contributed by atoms with van der Waals surface area (Å²) >= 11 is 0. The first kappa shape index (κ1) is 13.5. The molecule has 2 aromatic rings. The van der Waals surface area contributed by atoms with E-state index in [0.717, 1.165) is 0 Å². The van der Waals surface area contributed by atoms with Gasteiger partial charge >= 0.3 is 5.97 Å². The van der Waals surface area contributed by atoms with Crippen molar-refractivity contribution in [1.29, 1.82) is 5.26 Å². The Bertz CT molecular complexity index is 687. The predicted octanol–water partition coefficient (Wildman–Crippen LogP) is 0.806. The van der Waals surface area contributed by atoms with Gasteiger partial charge in [0.1, 0.15) is 28.6 Å². The Morgan fingerprint density at radius 1 is 1.60 bits per heavy atom. The van der Waals surface area contributed by atoms with Crippen LogP contribution in [0, 0.1) is 18.3 Å². The number of pyridine rings is 1. The molecule has 3 N–H and O–H groups in total. The molecule has 2 rings (SSSR count). The molecule has 2 heterocycles. The number of hydrogen-bond donors (Lipinski definition) is 2. The van der Waals surface area contributed by atoms with Crippen LogP contribution in [-0.2, 0) is 4.74 Å². The second kappa shape index (κ2) is 5.36. The van der Waals surface area contributed by atoms with Crippen LogP contribution in [0.1, 0.15) is 28.5 Å². The van der Waals surface area contributed by atoms with Crippen molar-refractivity contribution >= 4 is 11.7 Å². The van der Waals surface area contributed by atoms with E-state index in [2.05, 4.69) is 20.4 Å². The summed E-state index contributed by atoms with van der Waals surface area (Å²) in [5, 5.41) is 19.2. The van der Waals surface area contributed by atoms with Crippen molar-refractivity contribution < 1.29 is 9.53 Å². The number of aromatic nitrogens is 4. The highest BCUT2D eigenvalue weighted by Gasteiger charge is 2.23. The molecule has 0 amide bonds. The molecule has 8 heteroatoms. The number of H-pyrrole nitrogens is 1. The number of nitrogens with zero attached hydrogens (tertiary/aromatic N) is 4. The molecule has 0 saturated heterocycles. The molecule has 0 aliphatic carbocycles. The molecule has 0 aliphatic heterocycles. The second-order valence-corrected chi connectivity index (χ2v) is 3.90. The summed E-state index contributed by atoms with van der Waals surface area (Å²) in [5.41, 5.74) is 7.17. The van der Waals surface area contributed by atoms with Crippen LogP contribution in [0.5, 0.6) is 0 Å². The monoisotopic (exact) mass is 272 g/mol. The lowest BCUT2D eigenvalue weighted by atomic mass is 10.0. The topological polar surface area (TPSA) is 131 Å². The molecule has 0 aliphatic rings. The van der Waals surface area contributed by atoms with E-state index in [9.17, 15) is 10.1 Å². The number of aryl methyl sites for hydroxylation is 1. The number of aromatic amines is 1. The van der Waals surface area contributed by atoms with E-state index in [-0.39, 0.29) is 29.1 Å². The Morgan fingerprint density at radius 3 is 2.90 bits per heavy atom. The molecule has 0 spiro atoms. The molecule has 20 heavy (non-hydrogen) atoms. The average Bonchev–Trinajstić information content (AvgIpc) is 2.92. The molecule has 0 radical (unpaired) electrons. The molecule has 0 bridgehead atoms. The summed E-state index contributed by atoms with van der Waals surface area (Å²) in [5.74, 6) is -0.599. The number of rotatable bonds is 3. The van der Waals surface area contributed by atoms with Gasteiger partial charge in [-0.1, -0.05) is 0 Å². The summed E-state index contributed by atoms with van der Waals surface area (Å²) in [6, 6.07) is 1.94. The van der Waals surface area contributed by atoms with Gasteiger partial charge < -0.3 is 10.5 Å². The molecule has 8 nitrogen and oxygen atoms in total. The van der Waals surface area contributed by atoms with Gasteiger partial charge in [0.15, 0.2) is 0 Å². The quantitative estimate of drug-likeness (QED) is 0.790. The minimum Gasteiger partial charge on any atom is -0.462 e. The molecular weight excluding hydrogens is 260 g/mol. The lowest BCUT2D eigenvalue weighted by Crippen LogP contribution is -2.14. The maximum Gasteiger partial charge on any atom is 0.342 e. The lowest BCUT2D eigenvalue weighted by Gasteiger charge is -2.11. The summed E-state index contributed by atoms with van der Waals surface area (Å²) in [7, 11) is 0. The van der Waals surface area contributed by atoms with Crippen LogP contribution in [0.3, 0.4) is 0 Å². The van der Waals surface area contributed by atoms with E-state index < -0.39 is 5.97 Å². The maximum absolute atomic E-state index is 11.9. The Morgan fingerprint density at radius 2 is 2.35 bits per heavy atom. The van der Waals surface area contributed by atoms with Crippen LogP contribution in [0.4, 0.5) is 5.69 Å². The van der Waals surface area contributed by atoms with E-state index in [0.29, 0.717) is 11.4 Å². The number of nitriles is 1. The highest BCUT2D eigenvalue weighted by molar-refractivity contribution is 5.98. The molecule has 2 aromatic heterocycles. The zero-order valence-corrected chi connectivity index (χ0v) is 11.0. The van der Waals surface area contributed by atoms with Gasteiger partial charge in [0.2, 0.25) is 0 Å². The zero-order valence-electron chi connectivity index (χ0n) is 11.0. The molecule has 0 saturated carbocycles. The summed E-state index contributed by atoms with van der Waals surface area (Å²) < 4.78 is 4.92. The fourth-order valence-electron chi connectivity index (χ4n) is 1.80. The van der Waals surface area contributed by atoms with Crippen molar-refractivity contribution in [1.82, 2.24) is 20.4 Å². The molecule has 102 valence electrons. The van der Waals surface area contributed by atoms with Crippen molar-refractivity contribution in [3.63, 3.8) is 0 Å². The van der Waals surface area contributed by atoms with Gasteiger partial charge in [0, 0.05) is 0 Å². The van der Waals surface area contributed by atoms with E-state index in [1.807, 2.05) is 6.07 Å².